The van der Waals surface area contributed by atoms with Crippen LogP contribution in [-0.4, -0.2) is 26.7 Å². The molecule has 0 aliphatic heterocycles. The average Bonchev–Trinajstić information content (AvgIpc) is 3.24. The van der Waals surface area contributed by atoms with Crippen molar-refractivity contribution in [3.05, 3.63) is 29.6 Å². The Morgan fingerprint density at radius 1 is 1.38 bits per heavy atom. The fraction of sp³-hybridized carbons (Fsp3) is 0.467. The van der Waals surface area contributed by atoms with E-state index in [1.807, 2.05) is 0 Å². The maximum absolute atomic E-state index is 13.8. The molecule has 1 aromatic rings. The number of rotatable bonds is 6. The number of aliphatic hydroxyl groups is 1. The molecule has 0 bridgehead atoms. The average molecular weight is 311 g/mol. The van der Waals surface area contributed by atoms with Gasteiger partial charge in [0.15, 0.2) is 0 Å². The Morgan fingerprint density at radius 3 is 2.76 bits per heavy atom. The summed E-state index contributed by atoms with van der Waals surface area (Å²) in [7, 11) is -3.67. The van der Waals surface area contributed by atoms with Gasteiger partial charge >= 0.3 is 0 Å². The largest absolute Gasteiger partial charge is 0.395 e. The second-order valence-electron chi connectivity index (χ2n) is 5.05. The normalized spacial score (nSPS) is 14.6. The van der Waals surface area contributed by atoms with E-state index in [4.69, 9.17) is 5.11 Å². The van der Waals surface area contributed by atoms with Crippen molar-refractivity contribution in [2.45, 2.75) is 30.6 Å². The van der Waals surface area contributed by atoms with Gasteiger partial charge in [0.05, 0.1) is 17.1 Å². The number of aliphatic hydroxyl groups excluding tert-OH is 1. The predicted octanol–water partition coefficient (Wildman–Crippen LogP) is 1.64. The lowest BCUT2D eigenvalue weighted by molar-refractivity contribution is 0.305. The highest BCUT2D eigenvalue weighted by molar-refractivity contribution is 7.89. The Labute approximate surface area is 124 Å². The fourth-order valence-corrected chi connectivity index (χ4v) is 2.92. The smallest absolute Gasteiger partial charge is 0.240 e. The molecule has 6 heteroatoms. The van der Waals surface area contributed by atoms with Crippen molar-refractivity contribution >= 4 is 10.0 Å². The molecule has 0 amide bonds. The monoisotopic (exact) mass is 311 g/mol. The molecule has 4 nitrogen and oxygen atoms in total. The van der Waals surface area contributed by atoms with Gasteiger partial charge in [-0.25, -0.2) is 17.5 Å². The van der Waals surface area contributed by atoms with Gasteiger partial charge in [-0.2, -0.15) is 0 Å². The zero-order chi connectivity index (χ0) is 15.3. The van der Waals surface area contributed by atoms with Gasteiger partial charge in [-0.05, 0) is 30.5 Å². The van der Waals surface area contributed by atoms with Gasteiger partial charge in [-0.1, -0.05) is 24.7 Å². The van der Waals surface area contributed by atoms with Crippen LogP contribution in [-0.2, 0) is 10.0 Å². The summed E-state index contributed by atoms with van der Waals surface area (Å²) in [6.07, 6.45) is 3.41. The number of hydrogen-bond donors (Lipinski definition) is 2. The first-order valence-electron chi connectivity index (χ1n) is 6.92. The van der Waals surface area contributed by atoms with Crippen LogP contribution < -0.4 is 4.72 Å². The third-order valence-corrected chi connectivity index (χ3v) is 4.71. The molecule has 0 saturated heterocycles. The van der Waals surface area contributed by atoms with E-state index < -0.39 is 15.8 Å². The van der Waals surface area contributed by atoms with Crippen molar-refractivity contribution < 1.29 is 17.9 Å². The molecule has 0 unspecified atom stereocenters. The predicted molar refractivity (Wildman–Crippen MR) is 77.5 cm³/mol. The van der Waals surface area contributed by atoms with Crippen LogP contribution in [0.5, 0.6) is 0 Å². The third-order valence-electron chi connectivity index (χ3n) is 3.25. The van der Waals surface area contributed by atoms with E-state index in [0.29, 0.717) is 12.5 Å². The SMILES string of the molecule is O=S(=O)(NCCC1CC1)c1ccc(C#CCCO)c(F)c1. The van der Waals surface area contributed by atoms with Gasteiger partial charge in [0.25, 0.3) is 0 Å². The molecule has 0 aromatic heterocycles. The molecule has 1 saturated carbocycles. The summed E-state index contributed by atoms with van der Waals surface area (Å²) in [5.41, 5.74) is 0.125. The molecule has 1 fully saturated rings. The number of hydrogen-bond acceptors (Lipinski definition) is 3. The fourth-order valence-electron chi connectivity index (χ4n) is 1.87. The van der Waals surface area contributed by atoms with Crippen LogP contribution in [0.15, 0.2) is 23.1 Å². The van der Waals surface area contributed by atoms with E-state index in [1.165, 1.54) is 12.1 Å². The number of nitrogens with one attached hydrogen (secondary N) is 1. The van der Waals surface area contributed by atoms with Crippen LogP contribution in [0, 0.1) is 23.6 Å². The summed E-state index contributed by atoms with van der Waals surface area (Å²) < 4.78 is 40.3. The van der Waals surface area contributed by atoms with Crippen LogP contribution in [0.3, 0.4) is 0 Å². The van der Waals surface area contributed by atoms with Gasteiger partial charge in [0.1, 0.15) is 5.82 Å². The molecule has 0 spiro atoms. The van der Waals surface area contributed by atoms with Gasteiger partial charge < -0.3 is 5.11 Å². The van der Waals surface area contributed by atoms with E-state index in [9.17, 15) is 12.8 Å². The summed E-state index contributed by atoms with van der Waals surface area (Å²) >= 11 is 0. The first-order chi connectivity index (χ1) is 10.0. The van der Waals surface area contributed by atoms with E-state index in [2.05, 4.69) is 16.6 Å². The summed E-state index contributed by atoms with van der Waals surface area (Å²) in [5.74, 6) is 5.12. The molecule has 2 rings (SSSR count). The highest BCUT2D eigenvalue weighted by Gasteiger charge is 2.22. The van der Waals surface area contributed by atoms with E-state index in [-0.39, 0.29) is 23.5 Å². The van der Waals surface area contributed by atoms with Crippen molar-refractivity contribution in [3.63, 3.8) is 0 Å². The zero-order valence-electron chi connectivity index (χ0n) is 11.6. The van der Waals surface area contributed by atoms with Crippen molar-refractivity contribution in [1.82, 2.24) is 4.72 Å². The Hall–Kier alpha value is -1.42. The summed E-state index contributed by atoms with van der Waals surface area (Å²) in [6, 6.07) is 3.66. The van der Waals surface area contributed by atoms with Crippen molar-refractivity contribution in [2.75, 3.05) is 13.2 Å². The summed E-state index contributed by atoms with van der Waals surface area (Å²) in [4.78, 5) is -0.0940. The Bertz CT molecular complexity index is 657. The lowest BCUT2D eigenvalue weighted by atomic mass is 10.2. The molecular formula is C15H18FNO3S. The van der Waals surface area contributed by atoms with Crippen LogP contribution in [0.4, 0.5) is 4.39 Å². The number of sulfonamides is 1. The molecule has 1 aliphatic carbocycles. The Balaban J connectivity index is 2.05. The Morgan fingerprint density at radius 2 is 2.14 bits per heavy atom. The molecule has 0 heterocycles. The molecule has 114 valence electrons. The van der Waals surface area contributed by atoms with Gasteiger partial charge in [-0.3, -0.25) is 0 Å². The minimum Gasteiger partial charge on any atom is -0.395 e. The van der Waals surface area contributed by atoms with Crippen molar-refractivity contribution in [1.29, 1.82) is 0 Å². The topological polar surface area (TPSA) is 66.4 Å². The van der Waals surface area contributed by atoms with Gasteiger partial charge in [-0.15, -0.1) is 0 Å². The highest BCUT2D eigenvalue weighted by atomic mass is 32.2. The zero-order valence-corrected chi connectivity index (χ0v) is 12.4. The molecule has 21 heavy (non-hydrogen) atoms. The first kappa shape index (κ1) is 16.0. The summed E-state index contributed by atoms with van der Waals surface area (Å²) in [6.45, 7) is 0.290. The first-order valence-corrected chi connectivity index (χ1v) is 8.40. The second kappa shape index (κ2) is 7.03. The molecule has 1 aromatic carbocycles. The minimum atomic E-state index is -3.67. The number of halogens is 1. The quantitative estimate of drug-likeness (QED) is 0.785. The van der Waals surface area contributed by atoms with E-state index in [1.54, 1.807) is 0 Å². The molecule has 0 atom stereocenters. The van der Waals surface area contributed by atoms with Crippen molar-refractivity contribution in [3.8, 4) is 11.8 Å². The summed E-state index contributed by atoms with van der Waals surface area (Å²) in [5, 5.41) is 8.61. The lowest BCUT2D eigenvalue weighted by Crippen LogP contribution is -2.25. The number of benzene rings is 1. The third kappa shape index (κ3) is 4.81. The second-order valence-corrected chi connectivity index (χ2v) is 6.81. The highest BCUT2D eigenvalue weighted by Crippen LogP contribution is 2.31. The van der Waals surface area contributed by atoms with Crippen LogP contribution in [0.25, 0.3) is 0 Å². The van der Waals surface area contributed by atoms with Crippen molar-refractivity contribution in [2.24, 2.45) is 5.92 Å². The molecule has 0 radical (unpaired) electrons. The molecule has 2 N–H and O–H groups in total. The standard InChI is InChI=1S/C15H18FNO3S/c16-15-11-14(7-6-13(15)3-1-2-10-18)21(19,20)17-9-8-12-4-5-12/h6-7,11-12,17-18H,2,4-5,8-10H2. The van der Waals surface area contributed by atoms with E-state index in [0.717, 1.165) is 25.3 Å². The molecular weight excluding hydrogens is 293 g/mol. The van der Waals surface area contributed by atoms with Gasteiger partial charge in [0, 0.05) is 13.0 Å². The Kier molecular flexibility index (Phi) is 5.34. The van der Waals surface area contributed by atoms with Crippen LogP contribution in [0.1, 0.15) is 31.2 Å². The van der Waals surface area contributed by atoms with Crippen LogP contribution >= 0.6 is 0 Å². The maximum Gasteiger partial charge on any atom is 0.240 e. The van der Waals surface area contributed by atoms with E-state index >= 15 is 0 Å². The van der Waals surface area contributed by atoms with Gasteiger partial charge in [0.2, 0.25) is 10.0 Å². The molecule has 1 aliphatic rings. The minimum absolute atomic E-state index is 0.0913. The maximum atomic E-state index is 13.8. The van der Waals surface area contributed by atoms with Crippen LogP contribution in [0.2, 0.25) is 0 Å². The lowest BCUT2D eigenvalue weighted by Gasteiger charge is -2.07.